The van der Waals surface area contributed by atoms with Crippen molar-refractivity contribution in [2.45, 2.75) is 56.8 Å². The number of hydrogen-bond donors (Lipinski definition) is 0. The SMILES string of the molecule is CC(C)Cc1ccc(-c2cc(C3CCCC3)c(S(C)(C)C)cn2)cc1. The predicted molar refractivity (Wildman–Crippen MR) is 113 cm³/mol. The van der Waals surface area contributed by atoms with Crippen LogP contribution in [0.5, 0.6) is 0 Å². The molecular formula is C23H33NS. The van der Waals surface area contributed by atoms with Crippen molar-refractivity contribution in [1.29, 1.82) is 0 Å². The summed E-state index contributed by atoms with van der Waals surface area (Å²) in [6, 6.07) is 11.5. The molecule has 1 nitrogen and oxygen atoms in total. The summed E-state index contributed by atoms with van der Waals surface area (Å²) >= 11 is 0. The molecule has 0 radical (unpaired) electrons. The fourth-order valence-electron chi connectivity index (χ4n) is 3.97. The van der Waals surface area contributed by atoms with Gasteiger partial charge in [0, 0.05) is 16.7 Å². The molecule has 0 atom stereocenters. The lowest BCUT2D eigenvalue weighted by Crippen LogP contribution is -2.04. The van der Waals surface area contributed by atoms with Gasteiger partial charge in [-0.3, -0.25) is 4.98 Å². The first-order chi connectivity index (χ1) is 11.8. The van der Waals surface area contributed by atoms with Crippen LogP contribution in [0.1, 0.15) is 56.6 Å². The van der Waals surface area contributed by atoms with E-state index in [4.69, 9.17) is 4.98 Å². The Kier molecular flexibility index (Phi) is 5.58. The second kappa shape index (κ2) is 7.53. The van der Waals surface area contributed by atoms with E-state index in [0.717, 1.165) is 18.0 Å². The summed E-state index contributed by atoms with van der Waals surface area (Å²) < 4.78 is 0. The molecule has 0 aliphatic heterocycles. The van der Waals surface area contributed by atoms with Crippen LogP contribution in [0.15, 0.2) is 41.4 Å². The average molecular weight is 356 g/mol. The molecule has 0 saturated heterocycles. The van der Waals surface area contributed by atoms with Crippen LogP contribution in [0.2, 0.25) is 0 Å². The van der Waals surface area contributed by atoms with Crippen molar-refractivity contribution in [3.63, 3.8) is 0 Å². The lowest BCUT2D eigenvalue weighted by molar-refractivity contribution is 0.647. The summed E-state index contributed by atoms with van der Waals surface area (Å²) in [5.74, 6) is 1.44. The molecule has 1 aromatic carbocycles. The maximum absolute atomic E-state index is 4.86. The third-order valence-corrected chi connectivity index (χ3v) is 6.91. The van der Waals surface area contributed by atoms with Crippen molar-refractivity contribution in [1.82, 2.24) is 4.98 Å². The largest absolute Gasteiger partial charge is 0.255 e. The van der Waals surface area contributed by atoms with Crippen LogP contribution in [0.25, 0.3) is 11.3 Å². The van der Waals surface area contributed by atoms with Crippen molar-refractivity contribution in [2.75, 3.05) is 18.8 Å². The number of aromatic nitrogens is 1. The highest BCUT2D eigenvalue weighted by Gasteiger charge is 2.24. The van der Waals surface area contributed by atoms with Crippen LogP contribution in [0.4, 0.5) is 0 Å². The fraction of sp³-hybridized carbons (Fsp3) is 0.522. The van der Waals surface area contributed by atoms with Crippen molar-refractivity contribution in [2.24, 2.45) is 5.92 Å². The quantitative estimate of drug-likeness (QED) is 0.584. The normalized spacial score (nSPS) is 16.6. The lowest BCUT2D eigenvalue weighted by atomic mass is 9.96. The predicted octanol–water partition coefficient (Wildman–Crippen LogP) is 6.66. The Morgan fingerprint density at radius 2 is 1.68 bits per heavy atom. The number of nitrogens with zero attached hydrogens (tertiary/aromatic N) is 1. The van der Waals surface area contributed by atoms with Crippen LogP contribution in [-0.4, -0.2) is 23.8 Å². The molecule has 1 saturated carbocycles. The van der Waals surface area contributed by atoms with Crippen molar-refractivity contribution < 1.29 is 0 Å². The second-order valence-electron chi connectivity index (χ2n) is 8.72. The van der Waals surface area contributed by atoms with E-state index in [-0.39, 0.29) is 0 Å². The number of benzene rings is 1. The molecule has 2 heteroatoms. The van der Waals surface area contributed by atoms with E-state index < -0.39 is 10.0 Å². The Bertz CT molecular complexity index is 704. The van der Waals surface area contributed by atoms with Crippen LogP contribution >= 0.6 is 10.0 Å². The molecule has 0 spiro atoms. The van der Waals surface area contributed by atoms with Crippen molar-refractivity contribution >= 4 is 10.0 Å². The van der Waals surface area contributed by atoms with E-state index in [2.05, 4.69) is 69.1 Å². The molecule has 0 amide bonds. The topological polar surface area (TPSA) is 12.9 Å². The molecule has 1 aliphatic carbocycles. The minimum Gasteiger partial charge on any atom is -0.255 e. The minimum atomic E-state index is -0.753. The minimum absolute atomic E-state index is 0.701. The summed E-state index contributed by atoms with van der Waals surface area (Å²) in [5, 5.41) is 0. The molecule has 3 rings (SSSR count). The first kappa shape index (κ1) is 18.5. The summed E-state index contributed by atoms with van der Waals surface area (Å²) in [4.78, 5) is 6.37. The molecule has 136 valence electrons. The van der Waals surface area contributed by atoms with Gasteiger partial charge < -0.3 is 0 Å². The van der Waals surface area contributed by atoms with Crippen LogP contribution < -0.4 is 0 Å². The van der Waals surface area contributed by atoms with Gasteiger partial charge in [0.05, 0.1) is 5.69 Å². The van der Waals surface area contributed by atoms with Gasteiger partial charge in [-0.25, -0.2) is 10.0 Å². The maximum atomic E-state index is 4.86. The second-order valence-corrected chi connectivity index (χ2v) is 12.8. The fourth-order valence-corrected chi connectivity index (χ4v) is 5.27. The first-order valence-corrected chi connectivity index (χ1v) is 12.5. The third-order valence-electron chi connectivity index (χ3n) is 5.25. The zero-order valence-corrected chi connectivity index (χ0v) is 17.3. The van der Waals surface area contributed by atoms with Crippen molar-refractivity contribution in [3.8, 4) is 11.3 Å². The van der Waals surface area contributed by atoms with Gasteiger partial charge in [-0.2, -0.15) is 0 Å². The van der Waals surface area contributed by atoms with Gasteiger partial charge in [0.15, 0.2) is 0 Å². The Balaban J connectivity index is 1.95. The molecule has 1 fully saturated rings. The molecule has 0 unspecified atom stereocenters. The zero-order chi connectivity index (χ0) is 18.0. The highest BCUT2D eigenvalue weighted by Crippen LogP contribution is 2.51. The smallest absolute Gasteiger partial charge is 0.0705 e. The van der Waals surface area contributed by atoms with E-state index in [0.29, 0.717) is 5.92 Å². The van der Waals surface area contributed by atoms with E-state index in [9.17, 15) is 0 Å². The Morgan fingerprint density at radius 3 is 2.24 bits per heavy atom. The Labute approximate surface area is 155 Å². The third kappa shape index (κ3) is 4.47. The van der Waals surface area contributed by atoms with Crippen LogP contribution in [0.3, 0.4) is 0 Å². The van der Waals surface area contributed by atoms with E-state index in [1.54, 1.807) is 5.56 Å². The molecule has 1 aliphatic rings. The van der Waals surface area contributed by atoms with Gasteiger partial charge in [-0.15, -0.1) is 0 Å². The van der Waals surface area contributed by atoms with E-state index in [1.807, 2.05) is 0 Å². The molecule has 0 bridgehead atoms. The van der Waals surface area contributed by atoms with Gasteiger partial charge in [0.25, 0.3) is 0 Å². The van der Waals surface area contributed by atoms with Gasteiger partial charge in [0.1, 0.15) is 0 Å². The summed E-state index contributed by atoms with van der Waals surface area (Å²) in [5.41, 5.74) is 5.40. The number of rotatable bonds is 5. The molecule has 2 aromatic rings. The molecule has 0 N–H and O–H groups in total. The average Bonchev–Trinajstić information content (AvgIpc) is 3.08. The molecular weight excluding hydrogens is 322 g/mol. The molecule has 1 heterocycles. The van der Waals surface area contributed by atoms with Gasteiger partial charge >= 0.3 is 0 Å². The summed E-state index contributed by atoms with van der Waals surface area (Å²) in [6.45, 7) is 4.55. The van der Waals surface area contributed by atoms with E-state index >= 15 is 0 Å². The summed E-state index contributed by atoms with van der Waals surface area (Å²) in [6.07, 6.45) is 16.0. The number of hydrogen-bond acceptors (Lipinski definition) is 1. The standard InChI is InChI=1S/C23H33NS/c1-17(2)14-18-10-12-20(13-11-18)22-15-21(19-8-6-7-9-19)23(16-24-22)25(3,4)5/h10-13,15-17,19H,6-9,14H2,1-5H3. The van der Waals surface area contributed by atoms with Crippen molar-refractivity contribution in [3.05, 3.63) is 47.7 Å². The number of pyridine rings is 1. The van der Waals surface area contributed by atoms with Crippen LogP contribution in [-0.2, 0) is 6.42 Å². The van der Waals surface area contributed by atoms with Gasteiger partial charge in [-0.05, 0) is 67.1 Å². The highest BCUT2D eigenvalue weighted by atomic mass is 32.3. The lowest BCUT2D eigenvalue weighted by Gasteiger charge is -2.30. The molecule has 1 aromatic heterocycles. The summed E-state index contributed by atoms with van der Waals surface area (Å²) in [7, 11) is -0.753. The maximum Gasteiger partial charge on any atom is 0.0705 e. The zero-order valence-electron chi connectivity index (χ0n) is 16.5. The highest BCUT2D eigenvalue weighted by molar-refractivity contribution is 8.32. The van der Waals surface area contributed by atoms with Gasteiger partial charge in [0.2, 0.25) is 0 Å². The van der Waals surface area contributed by atoms with Gasteiger partial charge in [-0.1, -0.05) is 51.0 Å². The monoisotopic (exact) mass is 355 g/mol. The van der Waals surface area contributed by atoms with E-state index in [1.165, 1.54) is 41.7 Å². The Hall–Kier alpha value is -1.28. The Morgan fingerprint density at radius 1 is 1.04 bits per heavy atom. The first-order valence-electron chi connectivity index (χ1n) is 9.62. The van der Waals surface area contributed by atoms with Crippen LogP contribution in [0, 0.1) is 5.92 Å². The molecule has 25 heavy (non-hydrogen) atoms.